The van der Waals surface area contributed by atoms with Gasteiger partial charge in [0.25, 0.3) is 0 Å². The normalized spacial score (nSPS) is 10.9. The van der Waals surface area contributed by atoms with E-state index in [1.165, 1.54) is 31.4 Å². The average molecular weight is 521 g/mol. The molecule has 0 aliphatic carbocycles. The van der Waals surface area contributed by atoms with Gasteiger partial charge >= 0.3 is 0 Å². The maximum absolute atomic E-state index is 13.6. The van der Waals surface area contributed by atoms with E-state index in [2.05, 4.69) is 24.3 Å². The van der Waals surface area contributed by atoms with Crippen LogP contribution in [0, 0.1) is 5.82 Å². The molecule has 0 aliphatic rings. The lowest BCUT2D eigenvalue weighted by atomic mass is 10.1. The molecule has 0 bridgehead atoms. The highest BCUT2D eigenvalue weighted by atomic mass is 19.1. The van der Waals surface area contributed by atoms with Crippen LogP contribution in [0.3, 0.4) is 0 Å². The first-order valence-corrected chi connectivity index (χ1v) is 14.0. The van der Waals surface area contributed by atoms with Crippen LogP contribution >= 0.6 is 0 Å². The third-order valence-corrected chi connectivity index (χ3v) is 6.58. The van der Waals surface area contributed by atoms with Crippen LogP contribution in [-0.2, 0) is 9.59 Å². The number of aromatic nitrogens is 2. The van der Waals surface area contributed by atoms with Gasteiger partial charge in [-0.1, -0.05) is 89.1 Å². The van der Waals surface area contributed by atoms with Crippen molar-refractivity contribution < 1.29 is 14.0 Å². The number of halogens is 1. The number of hydrogen-bond acceptors (Lipinski definition) is 3. The van der Waals surface area contributed by atoms with E-state index < -0.39 is 0 Å². The van der Waals surface area contributed by atoms with Gasteiger partial charge in [-0.05, 0) is 37.1 Å². The number of hydrogen-bond donors (Lipinski definition) is 1. The van der Waals surface area contributed by atoms with Crippen molar-refractivity contribution in [2.45, 2.75) is 78.1 Å². The molecule has 2 amide bonds. The maximum Gasteiger partial charge on any atom is 0.245 e. The molecule has 0 fully saturated rings. The topological polar surface area (TPSA) is 67.2 Å². The Morgan fingerprint density at radius 2 is 1.53 bits per heavy atom. The second-order valence-electron chi connectivity index (χ2n) is 9.76. The van der Waals surface area contributed by atoms with Gasteiger partial charge < -0.3 is 10.2 Å². The van der Waals surface area contributed by atoms with Gasteiger partial charge in [0.2, 0.25) is 11.8 Å². The summed E-state index contributed by atoms with van der Waals surface area (Å²) >= 11 is 0. The maximum atomic E-state index is 13.6. The van der Waals surface area contributed by atoms with Gasteiger partial charge in [0, 0.05) is 24.6 Å². The Bertz CT molecular complexity index is 1130. The number of anilines is 1. The minimum Gasteiger partial charge on any atom is -0.333 e. The molecule has 0 radical (unpaired) electrons. The van der Waals surface area contributed by atoms with Crippen LogP contribution < -0.4 is 5.32 Å². The van der Waals surface area contributed by atoms with Gasteiger partial charge in [0.05, 0.1) is 17.9 Å². The summed E-state index contributed by atoms with van der Waals surface area (Å²) in [6.07, 6.45) is 10.1. The summed E-state index contributed by atoms with van der Waals surface area (Å²) in [4.78, 5) is 27.9. The van der Waals surface area contributed by atoms with Crippen molar-refractivity contribution in [1.29, 1.82) is 0 Å². The van der Waals surface area contributed by atoms with E-state index in [4.69, 9.17) is 0 Å². The summed E-state index contributed by atoms with van der Waals surface area (Å²) < 4.78 is 15.2. The van der Waals surface area contributed by atoms with Gasteiger partial charge in [-0.3, -0.25) is 9.59 Å². The van der Waals surface area contributed by atoms with Crippen molar-refractivity contribution in [3.63, 3.8) is 0 Å². The van der Waals surface area contributed by atoms with Crippen molar-refractivity contribution in [2.75, 3.05) is 18.4 Å². The number of carbonyl (C=O) groups is 2. The molecule has 2 aromatic carbocycles. The first kappa shape index (κ1) is 29.1. The van der Waals surface area contributed by atoms with Gasteiger partial charge in [-0.2, -0.15) is 5.10 Å². The number of nitrogens with zero attached hydrogens (tertiary/aromatic N) is 3. The molecule has 7 heteroatoms. The monoisotopic (exact) mass is 520 g/mol. The predicted octanol–water partition coefficient (Wildman–Crippen LogP) is 7.39. The minimum atomic E-state index is -0.346. The Morgan fingerprint density at radius 1 is 0.868 bits per heavy atom. The molecule has 6 nitrogen and oxygen atoms in total. The molecule has 0 atom stereocenters. The molecule has 3 rings (SSSR count). The van der Waals surface area contributed by atoms with Crippen LogP contribution in [0.1, 0.15) is 78.1 Å². The Morgan fingerprint density at radius 3 is 2.24 bits per heavy atom. The smallest absolute Gasteiger partial charge is 0.245 e. The van der Waals surface area contributed by atoms with Crippen molar-refractivity contribution in [3.05, 3.63) is 66.5 Å². The number of rotatable bonds is 16. The Labute approximate surface area is 226 Å². The van der Waals surface area contributed by atoms with E-state index in [9.17, 15) is 14.0 Å². The van der Waals surface area contributed by atoms with Crippen molar-refractivity contribution in [1.82, 2.24) is 14.7 Å². The molecule has 0 saturated carbocycles. The van der Waals surface area contributed by atoms with E-state index in [-0.39, 0.29) is 24.2 Å². The lowest BCUT2D eigenvalue weighted by molar-refractivity contribution is -0.134. The van der Waals surface area contributed by atoms with Crippen LogP contribution in [0.15, 0.2) is 60.7 Å². The summed E-state index contributed by atoms with van der Waals surface area (Å²) in [6.45, 7) is 4.88. The molecule has 1 N–H and O–H groups in total. The van der Waals surface area contributed by atoms with Gasteiger partial charge in [-0.15, -0.1) is 0 Å². The zero-order chi connectivity index (χ0) is 27.2. The van der Waals surface area contributed by atoms with Gasteiger partial charge in [0.1, 0.15) is 11.6 Å². The Balaban J connectivity index is 1.72. The fraction of sp³-hybridized carbons (Fsp3) is 0.452. The number of benzene rings is 2. The fourth-order valence-corrected chi connectivity index (χ4v) is 4.41. The van der Waals surface area contributed by atoms with Crippen molar-refractivity contribution in [2.24, 2.45) is 0 Å². The highest BCUT2D eigenvalue weighted by molar-refractivity contribution is 5.94. The standard InChI is InChI=1S/C31H41FN4O2/c1-3-5-7-8-9-13-17-31(38)35(22-14-6-4-2)24-30(37)33-29-23-28(25-15-11-10-12-16-25)34-36(29)27-20-18-26(32)19-21-27/h10-12,15-16,18-21,23H,3-9,13-14,17,22,24H2,1-2H3,(H,33,37). The molecule has 0 spiro atoms. The predicted molar refractivity (Wildman–Crippen MR) is 152 cm³/mol. The SMILES string of the molecule is CCCCCCCCC(=O)N(CCCCC)CC(=O)Nc1cc(-c2ccccc2)nn1-c1ccc(F)cc1. The van der Waals surface area contributed by atoms with Crippen molar-refractivity contribution >= 4 is 17.6 Å². The highest BCUT2D eigenvalue weighted by Crippen LogP contribution is 2.25. The second kappa shape index (κ2) is 15.7. The molecule has 204 valence electrons. The molecule has 1 heterocycles. The first-order valence-electron chi connectivity index (χ1n) is 14.0. The van der Waals surface area contributed by atoms with Crippen LogP contribution in [0.5, 0.6) is 0 Å². The Hall–Kier alpha value is -3.48. The van der Waals surface area contributed by atoms with Crippen LogP contribution in [0.4, 0.5) is 10.2 Å². The largest absolute Gasteiger partial charge is 0.333 e. The minimum absolute atomic E-state index is 0.00630. The van der Waals surface area contributed by atoms with Gasteiger partial charge in [0.15, 0.2) is 0 Å². The lowest BCUT2D eigenvalue weighted by Gasteiger charge is -2.22. The number of unbranched alkanes of at least 4 members (excludes halogenated alkanes) is 7. The molecular formula is C31H41FN4O2. The number of amides is 2. The van der Waals surface area contributed by atoms with Crippen molar-refractivity contribution in [3.8, 4) is 16.9 Å². The molecule has 38 heavy (non-hydrogen) atoms. The molecule has 3 aromatic rings. The Kier molecular flexibility index (Phi) is 12.0. The van der Waals surface area contributed by atoms with E-state index in [0.29, 0.717) is 30.2 Å². The van der Waals surface area contributed by atoms with E-state index in [0.717, 1.165) is 44.1 Å². The van der Waals surface area contributed by atoms with E-state index >= 15 is 0 Å². The van der Waals surface area contributed by atoms with Crippen LogP contribution in [0.25, 0.3) is 16.9 Å². The first-order chi connectivity index (χ1) is 18.5. The second-order valence-corrected chi connectivity index (χ2v) is 9.76. The molecular weight excluding hydrogens is 479 g/mol. The van der Waals surface area contributed by atoms with Gasteiger partial charge in [-0.25, -0.2) is 9.07 Å². The third kappa shape index (κ3) is 9.12. The number of nitrogens with one attached hydrogen (secondary N) is 1. The number of carbonyl (C=O) groups excluding carboxylic acids is 2. The average Bonchev–Trinajstić information content (AvgIpc) is 3.34. The molecule has 0 saturated heterocycles. The zero-order valence-corrected chi connectivity index (χ0v) is 22.8. The fourth-order valence-electron chi connectivity index (χ4n) is 4.41. The lowest BCUT2D eigenvalue weighted by Crippen LogP contribution is -2.38. The zero-order valence-electron chi connectivity index (χ0n) is 22.8. The summed E-state index contributed by atoms with van der Waals surface area (Å²) in [7, 11) is 0. The summed E-state index contributed by atoms with van der Waals surface area (Å²) in [5.41, 5.74) is 2.21. The van der Waals surface area contributed by atoms with E-state index in [1.54, 1.807) is 27.8 Å². The molecule has 1 aromatic heterocycles. The molecule has 0 unspecified atom stereocenters. The van der Waals surface area contributed by atoms with Crippen LogP contribution in [0.2, 0.25) is 0 Å². The third-order valence-electron chi connectivity index (χ3n) is 6.58. The van der Waals surface area contributed by atoms with E-state index in [1.807, 2.05) is 30.3 Å². The molecule has 0 aliphatic heterocycles. The summed E-state index contributed by atoms with van der Waals surface area (Å²) in [5, 5.41) is 7.63. The summed E-state index contributed by atoms with van der Waals surface area (Å²) in [5.74, 6) is -0.122. The summed E-state index contributed by atoms with van der Waals surface area (Å²) in [6, 6.07) is 17.4. The quantitative estimate of drug-likeness (QED) is 0.200. The highest BCUT2D eigenvalue weighted by Gasteiger charge is 2.19. The van der Waals surface area contributed by atoms with Crippen LogP contribution in [-0.4, -0.2) is 39.6 Å².